The molecular weight excluding hydrogens is 436 g/mol. The number of halogens is 1. The molecule has 0 atom stereocenters. The zero-order chi connectivity index (χ0) is 22.4. The van der Waals surface area contributed by atoms with Gasteiger partial charge in [0.1, 0.15) is 9.88 Å². The molecular formula is C19H19ClN2O7S. The molecule has 2 aromatic rings. The van der Waals surface area contributed by atoms with Crippen molar-refractivity contribution in [1.29, 1.82) is 0 Å². The summed E-state index contributed by atoms with van der Waals surface area (Å²) in [5.41, 5.74) is -0.143. The summed E-state index contributed by atoms with van der Waals surface area (Å²) in [6.07, 6.45) is 0.588. The van der Waals surface area contributed by atoms with Crippen LogP contribution in [-0.2, 0) is 9.47 Å². The Morgan fingerprint density at radius 3 is 2.50 bits per heavy atom. The molecule has 0 bridgehead atoms. The number of amides is 1. The number of carbonyl (C=O) groups is 3. The lowest BCUT2D eigenvalue weighted by atomic mass is 10.1. The van der Waals surface area contributed by atoms with Crippen molar-refractivity contribution in [2.45, 2.75) is 27.2 Å². The second-order valence-electron chi connectivity index (χ2n) is 5.99. The maximum absolute atomic E-state index is 12.7. The molecule has 2 rings (SSSR count). The Morgan fingerprint density at radius 2 is 1.90 bits per heavy atom. The van der Waals surface area contributed by atoms with E-state index in [4.69, 9.17) is 21.1 Å². The van der Waals surface area contributed by atoms with E-state index in [-0.39, 0.29) is 44.9 Å². The van der Waals surface area contributed by atoms with Gasteiger partial charge in [-0.3, -0.25) is 14.9 Å². The first-order valence-electron chi connectivity index (χ1n) is 8.94. The van der Waals surface area contributed by atoms with E-state index >= 15 is 0 Å². The number of carbonyl (C=O) groups excluding carboxylic acids is 3. The maximum atomic E-state index is 12.7. The third-order valence-corrected chi connectivity index (χ3v) is 5.40. The number of non-ortho nitro benzene ring substituents is 1. The Morgan fingerprint density at radius 1 is 1.20 bits per heavy atom. The molecule has 0 aliphatic rings. The van der Waals surface area contributed by atoms with Crippen LogP contribution in [0.5, 0.6) is 0 Å². The summed E-state index contributed by atoms with van der Waals surface area (Å²) in [6.45, 7) is 5.31. The van der Waals surface area contributed by atoms with E-state index in [9.17, 15) is 24.5 Å². The van der Waals surface area contributed by atoms with Gasteiger partial charge in [-0.25, -0.2) is 9.59 Å². The molecule has 0 radical (unpaired) electrons. The van der Waals surface area contributed by atoms with E-state index < -0.39 is 22.8 Å². The highest BCUT2D eigenvalue weighted by molar-refractivity contribution is 7.18. The Hall–Kier alpha value is -2.98. The van der Waals surface area contributed by atoms with Crippen molar-refractivity contribution in [3.8, 4) is 0 Å². The van der Waals surface area contributed by atoms with Gasteiger partial charge in [-0.15, -0.1) is 11.3 Å². The molecule has 1 aromatic carbocycles. The second-order valence-corrected chi connectivity index (χ2v) is 7.42. The summed E-state index contributed by atoms with van der Waals surface area (Å²) < 4.78 is 10.2. The number of thiophene rings is 1. The number of anilines is 1. The zero-order valence-electron chi connectivity index (χ0n) is 16.4. The predicted molar refractivity (Wildman–Crippen MR) is 112 cm³/mol. The van der Waals surface area contributed by atoms with Crippen molar-refractivity contribution in [2.75, 3.05) is 18.5 Å². The summed E-state index contributed by atoms with van der Waals surface area (Å²) >= 11 is 6.87. The third-order valence-electron chi connectivity index (χ3n) is 3.88. The summed E-state index contributed by atoms with van der Waals surface area (Å²) in [7, 11) is 0. The van der Waals surface area contributed by atoms with Crippen LogP contribution in [0.1, 0.15) is 56.2 Å². The van der Waals surface area contributed by atoms with Gasteiger partial charge in [-0.05, 0) is 31.9 Å². The summed E-state index contributed by atoms with van der Waals surface area (Å²) in [5.74, 6) is -2.12. The van der Waals surface area contributed by atoms with Gasteiger partial charge >= 0.3 is 11.9 Å². The van der Waals surface area contributed by atoms with Crippen molar-refractivity contribution in [3.63, 3.8) is 0 Å². The minimum absolute atomic E-state index is 0.00731. The number of benzene rings is 1. The Labute approximate surface area is 181 Å². The molecule has 0 saturated carbocycles. The number of esters is 2. The lowest BCUT2D eigenvalue weighted by molar-refractivity contribution is -0.384. The summed E-state index contributed by atoms with van der Waals surface area (Å²) in [6, 6.07) is 3.43. The van der Waals surface area contributed by atoms with Crippen LogP contribution in [0.3, 0.4) is 0 Å². The first kappa shape index (κ1) is 23.3. The van der Waals surface area contributed by atoms with E-state index in [0.29, 0.717) is 12.0 Å². The maximum Gasteiger partial charge on any atom is 0.348 e. The van der Waals surface area contributed by atoms with E-state index in [1.807, 2.05) is 6.92 Å². The molecule has 1 amide bonds. The van der Waals surface area contributed by atoms with E-state index in [1.54, 1.807) is 13.8 Å². The molecule has 1 aromatic heterocycles. The molecule has 11 heteroatoms. The quantitative estimate of drug-likeness (QED) is 0.350. The number of hydrogen-bond donors (Lipinski definition) is 1. The van der Waals surface area contributed by atoms with Crippen LogP contribution >= 0.6 is 22.9 Å². The van der Waals surface area contributed by atoms with Crippen molar-refractivity contribution < 1.29 is 28.8 Å². The topological polar surface area (TPSA) is 125 Å². The molecule has 1 heterocycles. The molecule has 9 nitrogen and oxygen atoms in total. The molecule has 0 saturated heterocycles. The van der Waals surface area contributed by atoms with Crippen LogP contribution in [0.15, 0.2) is 18.2 Å². The number of nitrogens with zero attached hydrogens (tertiary/aromatic N) is 1. The lowest BCUT2D eigenvalue weighted by Gasteiger charge is -2.08. The Balaban J connectivity index is 2.47. The lowest BCUT2D eigenvalue weighted by Crippen LogP contribution is -2.15. The average Bonchev–Trinajstić information content (AvgIpc) is 3.02. The summed E-state index contributed by atoms with van der Waals surface area (Å²) in [5, 5.41) is 13.6. The van der Waals surface area contributed by atoms with E-state index in [0.717, 1.165) is 17.4 Å². The van der Waals surface area contributed by atoms with Gasteiger partial charge in [0.15, 0.2) is 0 Å². The van der Waals surface area contributed by atoms with Crippen molar-refractivity contribution >= 4 is 51.5 Å². The minimum Gasteiger partial charge on any atom is -0.462 e. The third kappa shape index (κ3) is 5.14. The second kappa shape index (κ2) is 10.2. The fraction of sp³-hybridized carbons (Fsp3) is 0.316. The van der Waals surface area contributed by atoms with Gasteiger partial charge in [0.25, 0.3) is 11.6 Å². The molecule has 160 valence electrons. The van der Waals surface area contributed by atoms with Gasteiger partial charge in [-0.2, -0.15) is 0 Å². The molecule has 0 aliphatic heterocycles. The van der Waals surface area contributed by atoms with Crippen LogP contribution in [-0.4, -0.2) is 36.0 Å². The van der Waals surface area contributed by atoms with Gasteiger partial charge in [-0.1, -0.05) is 18.5 Å². The fourth-order valence-corrected chi connectivity index (χ4v) is 3.76. The van der Waals surface area contributed by atoms with Crippen LogP contribution in [0.25, 0.3) is 0 Å². The molecule has 0 fully saturated rings. The van der Waals surface area contributed by atoms with Gasteiger partial charge in [0, 0.05) is 12.1 Å². The number of ether oxygens (including phenoxy) is 2. The highest BCUT2D eigenvalue weighted by Gasteiger charge is 2.28. The van der Waals surface area contributed by atoms with Crippen molar-refractivity contribution in [1.82, 2.24) is 0 Å². The molecule has 0 aliphatic carbocycles. The average molecular weight is 455 g/mol. The monoisotopic (exact) mass is 454 g/mol. The number of nitro groups is 1. The van der Waals surface area contributed by atoms with Gasteiger partial charge < -0.3 is 14.8 Å². The van der Waals surface area contributed by atoms with Crippen LogP contribution in [0.4, 0.5) is 10.7 Å². The largest absolute Gasteiger partial charge is 0.462 e. The fourth-order valence-electron chi connectivity index (χ4n) is 2.48. The smallest absolute Gasteiger partial charge is 0.348 e. The van der Waals surface area contributed by atoms with Crippen LogP contribution < -0.4 is 5.32 Å². The van der Waals surface area contributed by atoms with Crippen molar-refractivity contribution in [3.05, 3.63) is 54.9 Å². The first-order valence-corrected chi connectivity index (χ1v) is 10.1. The van der Waals surface area contributed by atoms with Crippen LogP contribution in [0.2, 0.25) is 5.02 Å². The summed E-state index contributed by atoms with van der Waals surface area (Å²) in [4.78, 5) is 48.0. The van der Waals surface area contributed by atoms with Crippen molar-refractivity contribution in [2.24, 2.45) is 0 Å². The molecule has 1 N–H and O–H groups in total. The number of nitrogens with one attached hydrogen (secondary N) is 1. The SMILES string of the molecule is CCCOC(=O)c1c(NC(=O)c2cc([N+](=O)[O-])ccc2Cl)sc(C(=O)OCC)c1C. The highest BCUT2D eigenvalue weighted by Crippen LogP contribution is 2.35. The van der Waals surface area contributed by atoms with E-state index in [1.165, 1.54) is 12.1 Å². The highest BCUT2D eigenvalue weighted by atomic mass is 35.5. The minimum atomic E-state index is -0.773. The Kier molecular flexibility index (Phi) is 7.90. The standard InChI is InChI=1S/C19H19ClN2O7S/c1-4-8-29-18(24)14-10(3)15(19(25)28-5-2)30-17(14)21-16(23)12-9-11(22(26)27)6-7-13(12)20/h6-7,9H,4-5,8H2,1-3H3,(H,21,23). The zero-order valence-corrected chi connectivity index (χ0v) is 18.0. The molecule has 0 unspecified atom stereocenters. The van der Waals surface area contributed by atoms with Crippen LogP contribution in [0, 0.1) is 17.0 Å². The number of hydrogen-bond acceptors (Lipinski definition) is 8. The molecule has 30 heavy (non-hydrogen) atoms. The Bertz CT molecular complexity index is 1000. The first-order chi connectivity index (χ1) is 14.2. The molecule has 0 spiro atoms. The van der Waals surface area contributed by atoms with Gasteiger partial charge in [0.05, 0.1) is 34.3 Å². The normalized spacial score (nSPS) is 10.4. The predicted octanol–water partition coefficient (Wildman–Crippen LogP) is 4.61. The van der Waals surface area contributed by atoms with Gasteiger partial charge in [0.2, 0.25) is 0 Å². The number of nitro benzene ring substituents is 1. The van der Waals surface area contributed by atoms with E-state index in [2.05, 4.69) is 5.32 Å². The number of rotatable bonds is 8.